The Morgan fingerprint density at radius 3 is 1.43 bits per heavy atom. The van der Waals surface area contributed by atoms with E-state index in [0.29, 0.717) is 64.7 Å². The van der Waals surface area contributed by atoms with Crippen LogP contribution in [0.4, 0.5) is 23.3 Å². The van der Waals surface area contributed by atoms with Crippen LogP contribution in [0.2, 0.25) is 0 Å². The standard InChI is InChI=1S/C26H36N6O5S.C22H27BrN6O4S/c1-15(2)27-11-12-28-24-31-22(35-7)20(23(32-24)36-8)30-21(33)17-14-38-25(29-17)37-19-13-16(26(3,4)5)9-10-18(19)34-6;1-12(2)24-8-9-25-21-28-19(31-4)17(20(29-21)32-5)27-18(30)15-11-34-22(26-15)33-16-10-14(23)7-6-13(16)3/h9-10,13-15,27H,11-12H2,1-8H3,(H,30,33)(H,28,31,32);6-7,10-12,24H,8-9H2,1-5H3,(H,27,30)(H,25,28,29). The van der Waals surface area contributed by atoms with Gasteiger partial charge < -0.3 is 65.1 Å². The number of benzene rings is 2. The van der Waals surface area contributed by atoms with Crippen molar-refractivity contribution < 1.29 is 42.7 Å². The van der Waals surface area contributed by atoms with Crippen LogP contribution in [-0.4, -0.2) is 116 Å². The van der Waals surface area contributed by atoms with Gasteiger partial charge in [0.25, 0.3) is 22.2 Å². The van der Waals surface area contributed by atoms with Gasteiger partial charge in [0.15, 0.2) is 22.9 Å². The van der Waals surface area contributed by atoms with Crippen LogP contribution >= 0.6 is 38.6 Å². The van der Waals surface area contributed by atoms with Crippen molar-refractivity contribution in [1.82, 2.24) is 40.5 Å². The van der Waals surface area contributed by atoms with E-state index in [0.717, 1.165) is 28.7 Å². The lowest BCUT2D eigenvalue weighted by Crippen LogP contribution is -2.28. The third kappa shape index (κ3) is 16.2. The zero-order valence-corrected chi connectivity index (χ0v) is 45.9. The van der Waals surface area contributed by atoms with E-state index in [2.05, 4.69) is 126 Å². The molecule has 2 amide bonds. The first-order valence-corrected chi connectivity index (χ1v) is 25.2. The van der Waals surface area contributed by atoms with Crippen LogP contribution < -0.4 is 65.1 Å². The number of aryl methyl sites for hydroxylation is 1. The van der Waals surface area contributed by atoms with E-state index >= 15 is 0 Å². The summed E-state index contributed by atoms with van der Waals surface area (Å²) in [4.78, 5) is 51.9. The van der Waals surface area contributed by atoms with E-state index in [4.69, 9.17) is 33.2 Å². The summed E-state index contributed by atoms with van der Waals surface area (Å²) in [6, 6.07) is 12.2. The van der Waals surface area contributed by atoms with Gasteiger partial charge in [0.2, 0.25) is 35.4 Å². The molecule has 6 N–H and O–H groups in total. The first-order valence-electron chi connectivity index (χ1n) is 22.6. The van der Waals surface area contributed by atoms with E-state index in [1.165, 1.54) is 51.1 Å². The minimum Gasteiger partial charge on any atom is -0.493 e. The molecule has 4 heterocycles. The lowest BCUT2D eigenvalue weighted by molar-refractivity contribution is 0.101. The Morgan fingerprint density at radius 2 is 1.03 bits per heavy atom. The van der Waals surface area contributed by atoms with Gasteiger partial charge in [-0.2, -0.15) is 29.9 Å². The van der Waals surface area contributed by atoms with Crippen molar-refractivity contribution in [3.63, 3.8) is 0 Å². The number of carbonyl (C=O) groups excluding carboxylic acids is 2. The molecule has 6 aromatic rings. The topological polar surface area (TPSA) is 248 Å². The van der Waals surface area contributed by atoms with Crippen molar-refractivity contribution in [2.75, 3.05) is 83.0 Å². The van der Waals surface area contributed by atoms with Gasteiger partial charge in [-0.15, -0.1) is 0 Å². The maximum atomic E-state index is 13.0. The average molecular weight is 1100 g/mol. The number of carbonyl (C=O) groups is 2. The summed E-state index contributed by atoms with van der Waals surface area (Å²) in [5.74, 6) is 2.05. The van der Waals surface area contributed by atoms with Crippen LogP contribution in [0, 0.1) is 6.92 Å². The first-order chi connectivity index (χ1) is 34.3. The second-order valence-corrected chi connectivity index (χ2v) is 19.6. The fraction of sp³-hybridized carbons (Fsp3) is 0.417. The third-order valence-electron chi connectivity index (χ3n) is 9.86. The molecule has 0 saturated carbocycles. The predicted octanol–water partition coefficient (Wildman–Crippen LogP) is 9.19. The SMILES string of the molecule is COc1ccc(C(C)(C)C)cc1Oc1nc(C(=O)Nc2c(OC)nc(NCCNC(C)C)nc2OC)cs1.COc1nc(NCCNC(C)C)nc(OC)c1NC(=O)c1csc(Oc2cc(Br)ccc2C)n1. The molecule has 6 rings (SSSR count). The number of hydrogen-bond donors (Lipinski definition) is 6. The van der Waals surface area contributed by atoms with Gasteiger partial charge in [-0.05, 0) is 47.7 Å². The molecule has 0 bridgehead atoms. The summed E-state index contributed by atoms with van der Waals surface area (Å²) in [7, 11) is 7.39. The molecule has 2 aromatic carbocycles. The number of hydrogen-bond acceptors (Lipinski definition) is 21. The Labute approximate surface area is 436 Å². The summed E-state index contributed by atoms with van der Waals surface area (Å²) < 4.78 is 39.7. The molecule has 0 fully saturated rings. The van der Waals surface area contributed by atoms with Crippen molar-refractivity contribution in [3.8, 4) is 51.2 Å². The number of rotatable bonds is 23. The molecular formula is C48H63BrN12O9S2. The average Bonchev–Trinajstić information content (AvgIpc) is 4.03. The fourth-order valence-corrected chi connectivity index (χ4v) is 7.80. The normalized spacial score (nSPS) is 11.1. The number of halogens is 1. The van der Waals surface area contributed by atoms with Crippen LogP contribution in [0.5, 0.6) is 51.2 Å². The molecule has 4 aromatic heterocycles. The van der Waals surface area contributed by atoms with Crippen LogP contribution in [0.15, 0.2) is 51.6 Å². The highest BCUT2D eigenvalue weighted by Gasteiger charge is 2.24. The highest BCUT2D eigenvalue weighted by Crippen LogP contribution is 2.39. The Hall–Kier alpha value is -6.60. The molecule has 21 nitrogen and oxygen atoms in total. The van der Waals surface area contributed by atoms with Gasteiger partial charge in [0, 0.05) is 53.5 Å². The summed E-state index contributed by atoms with van der Waals surface area (Å²) in [6.07, 6.45) is 0. The van der Waals surface area contributed by atoms with E-state index < -0.39 is 11.8 Å². The second kappa shape index (κ2) is 26.7. The number of nitrogens with one attached hydrogen (secondary N) is 6. The Kier molecular flexibility index (Phi) is 20.9. The molecule has 72 heavy (non-hydrogen) atoms. The third-order valence-corrected chi connectivity index (χ3v) is 11.8. The molecule has 0 saturated heterocycles. The van der Waals surface area contributed by atoms with Crippen molar-refractivity contribution in [2.45, 2.75) is 72.9 Å². The van der Waals surface area contributed by atoms with Crippen molar-refractivity contribution in [3.05, 3.63) is 74.1 Å². The molecule has 24 heteroatoms. The summed E-state index contributed by atoms with van der Waals surface area (Å²) >= 11 is 5.83. The van der Waals surface area contributed by atoms with Crippen LogP contribution in [-0.2, 0) is 5.41 Å². The summed E-state index contributed by atoms with van der Waals surface area (Å²) in [5.41, 5.74) is 2.69. The lowest BCUT2D eigenvalue weighted by atomic mass is 9.87. The monoisotopic (exact) mass is 1090 g/mol. The van der Waals surface area contributed by atoms with Crippen molar-refractivity contribution >= 4 is 73.7 Å². The number of ether oxygens (including phenoxy) is 7. The van der Waals surface area contributed by atoms with Crippen LogP contribution in [0.1, 0.15) is 80.6 Å². The Bertz CT molecular complexity index is 2700. The van der Waals surface area contributed by atoms with E-state index in [-0.39, 0.29) is 51.7 Å². The molecule has 0 aliphatic heterocycles. The van der Waals surface area contributed by atoms with E-state index in [1.807, 2.05) is 43.3 Å². The van der Waals surface area contributed by atoms with Gasteiger partial charge in [-0.1, -0.05) is 99.2 Å². The van der Waals surface area contributed by atoms with E-state index in [9.17, 15) is 9.59 Å². The minimum atomic E-state index is -0.492. The molecule has 388 valence electrons. The fourth-order valence-electron chi connectivity index (χ4n) is 6.14. The van der Waals surface area contributed by atoms with Crippen molar-refractivity contribution in [2.24, 2.45) is 0 Å². The number of nitrogens with zero attached hydrogens (tertiary/aromatic N) is 6. The zero-order valence-electron chi connectivity index (χ0n) is 42.7. The smallest absolute Gasteiger partial charge is 0.279 e. The largest absolute Gasteiger partial charge is 0.493 e. The first kappa shape index (κ1) is 56.3. The molecule has 0 unspecified atom stereocenters. The van der Waals surface area contributed by atoms with E-state index in [1.54, 1.807) is 17.9 Å². The van der Waals surface area contributed by atoms with Gasteiger partial charge >= 0.3 is 0 Å². The van der Waals surface area contributed by atoms with Crippen LogP contribution in [0.3, 0.4) is 0 Å². The summed E-state index contributed by atoms with van der Waals surface area (Å²) in [6.45, 7) is 19.2. The molecule has 0 atom stereocenters. The highest BCUT2D eigenvalue weighted by molar-refractivity contribution is 9.10. The minimum absolute atomic E-state index is 0.0749. The quantitative estimate of drug-likeness (QED) is 0.0327. The number of anilines is 4. The predicted molar refractivity (Wildman–Crippen MR) is 284 cm³/mol. The molecular weight excluding hydrogens is 1030 g/mol. The number of amides is 2. The maximum absolute atomic E-state index is 13.0. The Morgan fingerprint density at radius 1 is 0.583 bits per heavy atom. The Balaban J connectivity index is 0.000000269. The number of thiazole rings is 2. The molecule has 0 spiro atoms. The summed E-state index contributed by atoms with van der Waals surface area (Å²) in [5, 5.41) is 22.1. The lowest BCUT2D eigenvalue weighted by Gasteiger charge is -2.20. The van der Waals surface area contributed by atoms with Gasteiger partial charge in [-0.3, -0.25) is 9.59 Å². The number of methoxy groups -OCH3 is 5. The van der Waals surface area contributed by atoms with Gasteiger partial charge in [0.05, 0.1) is 35.5 Å². The zero-order chi connectivity index (χ0) is 52.5. The number of aromatic nitrogens is 6. The van der Waals surface area contributed by atoms with Gasteiger partial charge in [-0.25, -0.2) is 0 Å². The highest BCUT2D eigenvalue weighted by atomic mass is 79.9. The van der Waals surface area contributed by atoms with Crippen LogP contribution in [0.25, 0.3) is 0 Å². The second-order valence-electron chi connectivity index (χ2n) is 17.1. The van der Waals surface area contributed by atoms with Crippen molar-refractivity contribution in [1.29, 1.82) is 0 Å². The molecule has 0 aliphatic carbocycles. The van der Waals surface area contributed by atoms with Gasteiger partial charge in [0.1, 0.15) is 17.1 Å². The molecule has 0 radical (unpaired) electrons. The maximum Gasteiger partial charge on any atom is 0.279 e. The molecule has 0 aliphatic rings.